The van der Waals surface area contributed by atoms with Crippen LogP contribution < -0.4 is 5.32 Å². The molecule has 1 aromatic carbocycles. The molecule has 17 heavy (non-hydrogen) atoms. The lowest BCUT2D eigenvalue weighted by Gasteiger charge is -2.11. The molecule has 0 aliphatic carbocycles. The molecule has 0 saturated heterocycles. The van der Waals surface area contributed by atoms with Crippen molar-refractivity contribution in [2.45, 2.75) is 24.4 Å². The maximum Gasteiger partial charge on any atom is 0.122 e. The molecule has 0 aliphatic heterocycles. The number of H-pyrrole nitrogens is 1. The van der Waals surface area contributed by atoms with Gasteiger partial charge in [0, 0.05) is 23.8 Å². The minimum Gasteiger partial charge on any atom is -0.347 e. The fourth-order valence-electron chi connectivity index (χ4n) is 1.63. The van der Waals surface area contributed by atoms with Gasteiger partial charge in [-0.3, -0.25) is 0 Å². The maximum atomic E-state index is 4.23. The lowest BCUT2D eigenvalue weighted by Crippen LogP contribution is -2.19. The highest BCUT2D eigenvalue weighted by molar-refractivity contribution is 7.98. The van der Waals surface area contributed by atoms with E-state index in [-0.39, 0.29) is 6.04 Å². The van der Waals surface area contributed by atoms with Crippen LogP contribution in [0.5, 0.6) is 0 Å². The van der Waals surface area contributed by atoms with E-state index in [0.29, 0.717) is 0 Å². The van der Waals surface area contributed by atoms with Crippen LogP contribution in [0.3, 0.4) is 0 Å². The number of nitrogens with zero attached hydrogens (tertiary/aromatic N) is 1. The van der Waals surface area contributed by atoms with Crippen LogP contribution in [0, 0.1) is 0 Å². The predicted molar refractivity (Wildman–Crippen MR) is 72.1 cm³/mol. The van der Waals surface area contributed by atoms with Gasteiger partial charge in [-0.05, 0) is 30.9 Å². The maximum absolute atomic E-state index is 4.23. The summed E-state index contributed by atoms with van der Waals surface area (Å²) in [5.74, 6) is 0.978. The van der Waals surface area contributed by atoms with Gasteiger partial charge in [-0.1, -0.05) is 12.1 Å². The zero-order valence-corrected chi connectivity index (χ0v) is 10.9. The smallest absolute Gasteiger partial charge is 0.122 e. The summed E-state index contributed by atoms with van der Waals surface area (Å²) in [5.41, 5.74) is 1.29. The average Bonchev–Trinajstić information content (AvgIpc) is 2.90. The van der Waals surface area contributed by atoms with Gasteiger partial charge < -0.3 is 10.3 Å². The third-order valence-corrected chi connectivity index (χ3v) is 3.44. The van der Waals surface area contributed by atoms with Crippen molar-refractivity contribution in [1.29, 1.82) is 0 Å². The van der Waals surface area contributed by atoms with Crippen molar-refractivity contribution in [1.82, 2.24) is 15.3 Å². The lowest BCUT2D eigenvalue weighted by molar-refractivity contribution is 0.551. The first-order valence-electron chi connectivity index (χ1n) is 5.65. The van der Waals surface area contributed by atoms with Crippen molar-refractivity contribution >= 4 is 11.8 Å². The molecule has 0 fully saturated rings. The topological polar surface area (TPSA) is 40.7 Å². The summed E-state index contributed by atoms with van der Waals surface area (Å²) in [6.07, 6.45) is 5.72. The molecule has 3 nitrogen and oxygen atoms in total. The minimum atomic E-state index is 0.241. The van der Waals surface area contributed by atoms with Crippen LogP contribution in [-0.4, -0.2) is 16.2 Å². The highest BCUT2D eigenvalue weighted by atomic mass is 32.2. The Morgan fingerprint density at radius 1 is 1.35 bits per heavy atom. The van der Waals surface area contributed by atoms with Gasteiger partial charge in [0.15, 0.2) is 0 Å². The third kappa shape index (κ3) is 3.35. The standard InChI is InChI=1S/C13H17N3S/c1-10(13-14-7-8-15-13)16-9-11-3-5-12(17-2)6-4-11/h3-8,10,16H,9H2,1-2H3,(H,14,15). The van der Waals surface area contributed by atoms with E-state index in [1.54, 1.807) is 18.0 Å². The summed E-state index contributed by atoms with van der Waals surface area (Å²) < 4.78 is 0. The first-order chi connectivity index (χ1) is 8.29. The zero-order valence-electron chi connectivity index (χ0n) is 10.1. The van der Waals surface area contributed by atoms with Crippen LogP contribution in [0.1, 0.15) is 24.4 Å². The number of benzene rings is 1. The lowest BCUT2D eigenvalue weighted by atomic mass is 10.2. The van der Waals surface area contributed by atoms with E-state index in [2.05, 4.69) is 52.7 Å². The van der Waals surface area contributed by atoms with E-state index in [4.69, 9.17) is 0 Å². The highest BCUT2D eigenvalue weighted by Gasteiger charge is 2.06. The first kappa shape index (κ1) is 12.2. The number of nitrogens with one attached hydrogen (secondary N) is 2. The van der Waals surface area contributed by atoms with Crippen LogP contribution >= 0.6 is 11.8 Å². The fourth-order valence-corrected chi connectivity index (χ4v) is 2.03. The monoisotopic (exact) mass is 247 g/mol. The van der Waals surface area contributed by atoms with Gasteiger partial charge in [-0.2, -0.15) is 0 Å². The number of hydrogen-bond acceptors (Lipinski definition) is 3. The number of thioether (sulfide) groups is 1. The molecule has 4 heteroatoms. The molecule has 2 N–H and O–H groups in total. The fraction of sp³-hybridized carbons (Fsp3) is 0.308. The minimum absolute atomic E-state index is 0.241. The molecule has 1 aromatic heterocycles. The molecule has 2 rings (SSSR count). The molecule has 0 radical (unpaired) electrons. The van der Waals surface area contributed by atoms with Gasteiger partial charge in [0.2, 0.25) is 0 Å². The van der Waals surface area contributed by atoms with Crippen molar-refractivity contribution in [3.63, 3.8) is 0 Å². The number of aromatic nitrogens is 2. The Morgan fingerprint density at radius 2 is 2.12 bits per heavy atom. The quantitative estimate of drug-likeness (QED) is 0.798. The Kier molecular flexibility index (Phi) is 4.23. The second kappa shape index (κ2) is 5.89. The van der Waals surface area contributed by atoms with Gasteiger partial charge in [0.25, 0.3) is 0 Å². The normalized spacial score (nSPS) is 12.6. The molecule has 1 atom stereocenters. The van der Waals surface area contributed by atoms with Crippen molar-refractivity contribution < 1.29 is 0 Å². The van der Waals surface area contributed by atoms with Gasteiger partial charge >= 0.3 is 0 Å². The summed E-state index contributed by atoms with van der Waals surface area (Å²) in [5, 5.41) is 3.44. The first-order valence-corrected chi connectivity index (χ1v) is 6.87. The molecule has 0 bridgehead atoms. The van der Waals surface area contributed by atoms with E-state index >= 15 is 0 Å². The predicted octanol–water partition coefficient (Wildman–Crippen LogP) is 2.98. The molecule has 90 valence electrons. The number of hydrogen-bond donors (Lipinski definition) is 2. The van der Waals surface area contributed by atoms with Gasteiger partial charge in [-0.25, -0.2) is 4.98 Å². The second-order valence-corrected chi connectivity index (χ2v) is 4.80. The van der Waals surface area contributed by atoms with Crippen LogP contribution in [0.2, 0.25) is 0 Å². The summed E-state index contributed by atoms with van der Waals surface area (Å²) in [6, 6.07) is 8.87. The summed E-state index contributed by atoms with van der Waals surface area (Å²) >= 11 is 1.76. The highest BCUT2D eigenvalue weighted by Crippen LogP contribution is 2.15. The van der Waals surface area contributed by atoms with Crippen molar-refractivity contribution in [3.05, 3.63) is 48.0 Å². The Hall–Kier alpha value is -1.26. The Labute approximate surface area is 106 Å². The molecule has 1 heterocycles. The van der Waals surface area contributed by atoms with E-state index in [9.17, 15) is 0 Å². The summed E-state index contributed by atoms with van der Waals surface area (Å²) in [6.45, 7) is 2.96. The van der Waals surface area contributed by atoms with E-state index in [1.807, 2.05) is 6.20 Å². The molecule has 2 aromatic rings. The third-order valence-electron chi connectivity index (χ3n) is 2.70. The average molecular weight is 247 g/mol. The Morgan fingerprint density at radius 3 is 2.71 bits per heavy atom. The van der Waals surface area contributed by atoms with Gasteiger partial charge in [0.05, 0.1) is 6.04 Å². The van der Waals surface area contributed by atoms with E-state index in [1.165, 1.54) is 10.5 Å². The number of imidazole rings is 1. The van der Waals surface area contributed by atoms with Gasteiger partial charge in [0.1, 0.15) is 5.82 Å². The molecular formula is C13H17N3S. The molecule has 0 spiro atoms. The van der Waals surface area contributed by atoms with Crippen LogP contribution in [0.25, 0.3) is 0 Å². The van der Waals surface area contributed by atoms with Gasteiger partial charge in [-0.15, -0.1) is 11.8 Å². The summed E-state index contributed by atoms with van der Waals surface area (Å²) in [7, 11) is 0. The van der Waals surface area contributed by atoms with E-state index < -0.39 is 0 Å². The zero-order chi connectivity index (χ0) is 12.1. The van der Waals surface area contributed by atoms with Crippen molar-refractivity contribution in [2.75, 3.05) is 6.26 Å². The summed E-state index contributed by atoms with van der Waals surface area (Å²) in [4.78, 5) is 8.65. The second-order valence-electron chi connectivity index (χ2n) is 3.93. The molecule has 1 unspecified atom stereocenters. The van der Waals surface area contributed by atoms with Crippen LogP contribution in [0.4, 0.5) is 0 Å². The molecule has 0 amide bonds. The van der Waals surface area contributed by atoms with Crippen LogP contribution in [-0.2, 0) is 6.54 Å². The Bertz CT molecular complexity index is 436. The Balaban J connectivity index is 1.89. The van der Waals surface area contributed by atoms with Crippen LogP contribution in [0.15, 0.2) is 41.6 Å². The molecule has 0 saturated carbocycles. The molecular weight excluding hydrogens is 230 g/mol. The number of rotatable bonds is 5. The SMILES string of the molecule is CSc1ccc(CNC(C)c2ncc[nH]2)cc1. The van der Waals surface area contributed by atoms with E-state index in [0.717, 1.165) is 12.4 Å². The molecule has 0 aliphatic rings. The van der Waals surface area contributed by atoms with Crippen molar-refractivity contribution in [2.24, 2.45) is 0 Å². The largest absolute Gasteiger partial charge is 0.347 e. The van der Waals surface area contributed by atoms with Crippen molar-refractivity contribution in [3.8, 4) is 0 Å². The number of aromatic amines is 1.